The van der Waals surface area contributed by atoms with Crippen molar-refractivity contribution in [2.45, 2.75) is 71.6 Å². The molecule has 0 spiro atoms. The number of hydrogen-bond donors (Lipinski definition) is 0. The van der Waals surface area contributed by atoms with E-state index >= 15 is 0 Å². The van der Waals surface area contributed by atoms with Crippen molar-refractivity contribution < 1.29 is 9.18 Å². The lowest BCUT2D eigenvalue weighted by Gasteiger charge is -2.59. The molecule has 0 aromatic heterocycles. The number of halogens is 1. The first-order valence-corrected chi connectivity index (χ1v) is 11.4. The van der Waals surface area contributed by atoms with E-state index in [0.29, 0.717) is 23.0 Å². The number of allylic oxidation sites excluding steroid dienone is 1. The maximum atomic E-state index is 13.6. The Morgan fingerprint density at radius 3 is 2.71 bits per heavy atom. The van der Waals surface area contributed by atoms with Gasteiger partial charge in [-0.15, -0.1) is 0 Å². The van der Waals surface area contributed by atoms with Crippen LogP contribution in [0.1, 0.15) is 77.2 Å². The second-order valence-electron chi connectivity index (χ2n) is 10.6. The maximum absolute atomic E-state index is 13.6. The van der Waals surface area contributed by atoms with Crippen LogP contribution in [0.25, 0.3) is 6.08 Å². The van der Waals surface area contributed by atoms with E-state index in [1.54, 1.807) is 12.1 Å². The zero-order chi connectivity index (χ0) is 19.5. The van der Waals surface area contributed by atoms with Gasteiger partial charge in [-0.05, 0) is 103 Å². The van der Waals surface area contributed by atoms with Crippen molar-refractivity contribution in [2.75, 3.05) is 0 Å². The second-order valence-corrected chi connectivity index (χ2v) is 10.6. The van der Waals surface area contributed by atoms with Gasteiger partial charge in [0, 0.05) is 5.41 Å². The molecule has 0 amide bonds. The highest BCUT2D eigenvalue weighted by atomic mass is 19.1. The van der Waals surface area contributed by atoms with Crippen LogP contribution in [0, 0.1) is 40.3 Å². The van der Waals surface area contributed by atoms with Crippen molar-refractivity contribution in [3.05, 3.63) is 41.2 Å². The average Bonchev–Trinajstić information content (AvgIpc) is 2.92. The highest BCUT2D eigenvalue weighted by Crippen LogP contribution is 2.66. The SMILES string of the molecule is C[C@]12CCCC[C@H]1CC[C@H]1[C@H]2CC[C@]2(C)C(=O)/C(=C/c3cccc(F)c3)C[C@H]12. The van der Waals surface area contributed by atoms with Gasteiger partial charge in [0.2, 0.25) is 0 Å². The molecule has 0 unspecified atom stereocenters. The third-order valence-electron chi connectivity index (χ3n) is 9.41. The first-order chi connectivity index (χ1) is 13.4. The summed E-state index contributed by atoms with van der Waals surface area (Å²) in [6.07, 6.45) is 13.4. The minimum Gasteiger partial charge on any atom is -0.294 e. The van der Waals surface area contributed by atoms with Gasteiger partial charge in [-0.3, -0.25) is 4.79 Å². The van der Waals surface area contributed by atoms with E-state index in [4.69, 9.17) is 0 Å². The summed E-state index contributed by atoms with van der Waals surface area (Å²) in [7, 11) is 0. The van der Waals surface area contributed by atoms with Gasteiger partial charge in [0.1, 0.15) is 5.82 Å². The van der Waals surface area contributed by atoms with E-state index in [2.05, 4.69) is 13.8 Å². The summed E-state index contributed by atoms with van der Waals surface area (Å²) in [5, 5.41) is 0. The Kier molecular flexibility index (Phi) is 4.34. The van der Waals surface area contributed by atoms with Gasteiger partial charge in [-0.2, -0.15) is 0 Å². The molecule has 0 aliphatic heterocycles. The fourth-order valence-electron chi connectivity index (χ4n) is 7.89. The molecule has 4 aliphatic carbocycles. The third kappa shape index (κ3) is 2.66. The Labute approximate surface area is 168 Å². The molecule has 0 N–H and O–H groups in total. The van der Waals surface area contributed by atoms with Crippen LogP contribution in [-0.4, -0.2) is 5.78 Å². The summed E-state index contributed by atoms with van der Waals surface area (Å²) in [5.74, 6) is 3.00. The van der Waals surface area contributed by atoms with Crippen LogP contribution in [0.5, 0.6) is 0 Å². The first kappa shape index (κ1) is 18.6. The summed E-state index contributed by atoms with van der Waals surface area (Å²) in [6.45, 7) is 4.81. The van der Waals surface area contributed by atoms with Crippen LogP contribution in [0.15, 0.2) is 29.8 Å². The molecule has 4 saturated carbocycles. The Bertz CT molecular complexity index is 825. The number of hydrogen-bond acceptors (Lipinski definition) is 1. The van der Waals surface area contributed by atoms with Crippen LogP contribution in [0.2, 0.25) is 0 Å². The fourth-order valence-corrected chi connectivity index (χ4v) is 7.89. The molecule has 28 heavy (non-hydrogen) atoms. The summed E-state index contributed by atoms with van der Waals surface area (Å²) < 4.78 is 13.6. The lowest BCUT2D eigenvalue weighted by molar-refractivity contribution is -0.137. The molecule has 4 fully saturated rings. The Balaban J connectivity index is 1.46. The number of benzene rings is 1. The van der Waals surface area contributed by atoms with E-state index in [9.17, 15) is 9.18 Å². The minimum atomic E-state index is -0.230. The quantitative estimate of drug-likeness (QED) is 0.488. The van der Waals surface area contributed by atoms with Crippen LogP contribution < -0.4 is 0 Å². The summed E-state index contributed by atoms with van der Waals surface area (Å²) >= 11 is 0. The molecule has 1 aromatic rings. The summed E-state index contributed by atoms with van der Waals surface area (Å²) in [4.78, 5) is 13.4. The lowest BCUT2D eigenvalue weighted by atomic mass is 9.45. The zero-order valence-corrected chi connectivity index (χ0v) is 17.3. The number of carbonyl (C=O) groups is 1. The van der Waals surface area contributed by atoms with Gasteiger partial charge in [0.25, 0.3) is 0 Å². The highest BCUT2D eigenvalue weighted by molar-refractivity contribution is 6.05. The number of rotatable bonds is 1. The Morgan fingerprint density at radius 1 is 1.04 bits per heavy atom. The normalized spacial score (nSPS) is 44.1. The maximum Gasteiger partial charge on any atom is 0.165 e. The zero-order valence-electron chi connectivity index (χ0n) is 17.3. The van der Waals surface area contributed by atoms with Crippen LogP contribution in [-0.2, 0) is 4.79 Å². The Morgan fingerprint density at radius 2 is 1.89 bits per heavy atom. The van der Waals surface area contributed by atoms with Gasteiger partial charge in [0.15, 0.2) is 5.78 Å². The van der Waals surface area contributed by atoms with Crippen LogP contribution in [0.3, 0.4) is 0 Å². The molecule has 150 valence electrons. The summed E-state index contributed by atoms with van der Waals surface area (Å²) in [6, 6.07) is 6.65. The largest absolute Gasteiger partial charge is 0.294 e. The smallest absolute Gasteiger partial charge is 0.165 e. The van der Waals surface area contributed by atoms with Crippen molar-refractivity contribution in [3.63, 3.8) is 0 Å². The third-order valence-corrected chi connectivity index (χ3v) is 9.41. The van der Waals surface area contributed by atoms with E-state index in [-0.39, 0.29) is 11.2 Å². The second kappa shape index (κ2) is 6.54. The first-order valence-electron chi connectivity index (χ1n) is 11.4. The Hall–Kier alpha value is -1.44. The fraction of sp³-hybridized carbons (Fsp3) is 0.654. The molecule has 2 heteroatoms. The van der Waals surface area contributed by atoms with Gasteiger partial charge < -0.3 is 0 Å². The number of carbonyl (C=O) groups excluding carboxylic acids is 1. The van der Waals surface area contributed by atoms with Crippen molar-refractivity contribution >= 4 is 11.9 Å². The highest BCUT2D eigenvalue weighted by Gasteiger charge is 2.60. The minimum absolute atomic E-state index is 0.196. The predicted octanol–water partition coefficient (Wildman–Crippen LogP) is 6.82. The molecule has 5 rings (SSSR count). The number of Topliss-reactive ketones (excluding diaryl/α,β-unsaturated/α-hetero) is 1. The van der Waals surface area contributed by atoms with E-state index in [1.165, 1.54) is 51.0 Å². The predicted molar refractivity (Wildman–Crippen MR) is 111 cm³/mol. The van der Waals surface area contributed by atoms with E-state index in [0.717, 1.165) is 35.8 Å². The van der Waals surface area contributed by atoms with Crippen molar-refractivity contribution in [1.29, 1.82) is 0 Å². The molecule has 4 aliphatic rings. The monoisotopic (exact) mass is 380 g/mol. The molecule has 6 atom stereocenters. The summed E-state index contributed by atoms with van der Waals surface area (Å²) in [5.41, 5.74) is 2.07. The molecule has 0 saturated heterocycles. The van der Waals surface area contributed by atoms with Crippen molar-refractivity contribution in [1.82, 2.24) is 0 Å². The van der Waals surface area contributed by atoms with E-state index < -0.39 is 0 Å². The molecule has 0 heterocycles. The van der Waals surface area contributed by atoms with Gasteiger partial charge in [-0.25, -0.2) is 4.39 Å². The molecule has 1 nitrogen and oxygen atoms in total. The van der Waals surface area contributed by atoms with Gasteiger partial charge in [-0.1, -0.05) is 38.8 Å². The molecular formula is C26H33FO. The molecule has 0 bridgehead atoms. The van der Waals surface area contributed by atoms with E-state index in [1.807, 2.05) is 12.1 Å². The molecule has 0 radical (unpaired) electrons. The van der Waals surface area contributed by atoms with Crippen molar-refractivity contribution in [3.8, 4) is 0 Å². The van der Waals surface area contributed by atoms with Crippen LogP contribution >= 0.6 is 0 Å². The lowest BCUT2D eigenvalue weighted by Crippen LogP contribution is -2.52. The average molecular weight is 381 g/mol. The van der Waals surface area contributed by atoms with Crippen molar-refractivity contribution in [2.24, 2.45) is 34.5 Å². The van der Waals surface area contributed by atoms with Gasteiger partial charge in [0.05, 0.1) is 0 Å². The number of fused-ring (bicyclic) bond motifs is 5. The molecular weight excluding hydrogens is 347 g/mol. The number of ketones is 1. The van der Waals surface area contributed by atoms with Crippen LogP contribution in [0.4, 0.5) is 4.39 Å². The molecule has 1 aromatic carbocycles. The van der Waals surface area contributed by atoms with Gasteiger partial charge >= 0.3 is 0 Å². The standard InChI is InChI=1S/C26H33FO/c1-25-12-4-3-7-19(25)9-10-21-22(25)11-13-26(2)23(21)16-18(24(26)28)14-17-6-5-8-20(27)15-17/h5-6,8,14-15,19,21-23H,3-4,7,9-13,16H2,1-2H3/b18-14+/t19-,21-,22+,23+,25-,26-/m0/s1. The topological polar surface area (TPSA) is 17.1 Å².